The Bertz CT molecular complexity index is 280. The fourth-order valence-electron chi connectivity index (χ4n) is 0.971. The van der Waals surface area contributed by atoms with Crippen molar-refractivity contribution in [2.24, 2.45) is 12.9 Å². The second-order valence-corrected chi connectivity index (χ2v) is 2.54. The number of hydrogen-bond donors (Lipinski definition) is 2. The Morgan fingerprint density at radius 2 is 2.23 bits per heavy atom. The van der Waals surface area contributed by atoms with Crippen molar-refractivity contribution in [3.8, 4) is 0 Å². The Balaban J connectivity index is 2.98. The third-order valence-electron chi connectivity index (χ3n) is 1.61. The molecule has 74 valence electrons. The van der Waals surface area contributed by atoms with Crippen LogP contribution in [-0.2, 0) is 7.05 Å². The van der Waals surface area contributed by atoms with Gasteiger partial charge in [0.05, 0.1) is 0 Å². The average molecular weight is 194 g/mol. The Morgan fingerprint density at radius 1 is 1.62 bits per heavy atom. The number of nitrogens with one attached hydrogen (secondary N) is 1. The van der Waals surface area contributed by atoms with Crippen LogP contribution >= 0.6 is 0 Å². The number of hydrogen-bond acceptors (Lipinski definition) is 3. The number of halogens is 3. The van der Waals surface area contributed by atoms with Crippen LogP contribution in [0.1, 0.15) is 11.9 Å². The van der Waals surface area contributed by atoms with Crippen LogP contribution in [0.25, 0.3) is 0 Å². The van der Waals surface area contributed by atoms with Gasteiger partial charge in [-0.15, -0.1) is 0 Å². The molecule has 0 saturated heterocycles. The van der Waals surface area contributed by atoms with Gasteiger partial charge in [-0.1, -0.05) is 0 Å². The first-order chi connectivity index (χ1) is 5.96. The molecule has 0 aliphatic carbocycles. The highest BCUT2D eigenvalue weighted by atomic mass is 19.4. The molecular weight excluding hydrogens is 185 g/mol. The van der Waals surface area contributed by atoms with Crippen molar-refractivity contribution in [1.29, 1.82) is 0 Å². The number of aromatic nitrogens is 2. The first-order valence-electron chi connectivity index (χ1n) is 3.47. The van der Waals surface area contributed by atoms with E-state index < -0.39 is 12.2 Å². The van der Waals surface area contributed by atoms with Crippen LogP contribution < -0.4 is 11.3 Å². The molecule has 1 aromatic rings. The first kappa shape index (κ1) is 10.0. The largest absolute Gasteiger partial charge is 0.412 e. The van der Waals surface area contributed by atoms with Gasteiger partial charge in [0, 0.05) is 19.4 Å². The summed E-state index contributed by atoms with van der Waals surface area (Å²) in [7, 11) is 1.47. The minimum atomic E-state index is -4.44. The number of nitrogens with zero attached hydrogens (tertiary/aromatic N) is 2. The summed E-state index contributed by atoms with van der Waals surface area (Å²) < 4.78 is 38.1. The number of hydrazine groups is 1. The monoisotopic (exact) mass is 194 g/mol. The maximum atomic E-state index is 12.3. The lowest BCUT2D eigenvalue weighted by atomic mass is 10.3. The molecule has 1 heterocycles. The second kappa shape index (κ2) is 3.35. The van der Waals surface area contributed by atoms with Crippen LogP contribution in [0.5, 0.6) is 0 Å². The fourth-order valence-corrected chi connectivity index (χ4v) is 0.971. The van der Waals surface area contributed by atoms with Crippen LogP contribution in [0.3, 0.4) is 0 Å². The predicted molar refractivity (Wildman–Crippen MR) is 39.3 cm³/mol. The number of rotatable bonds is 2. The molecule has 1 atom stereocenters. The summed E-state index contributed by atoms with van der Waals surface area (Å²) in [5.41, 5.74) is 1.68. The molecule has 13 heavy (non-hydrogen) atoms. The molecule has 1 rings (SSSR count). The molecule has 0 fully saturated rings. The first-order valence-corrected chi connectivity index (χ1v) is 3.47. The van der Waals surface area contributed by atoms with Gasteiger partial charge in [-0.05, 0) is 0 Å². The van der Waals surface area contributed by atoms with E-state index >= 15 is 0 Å². The lowest BCUT2D eigenvalue weighted by Crippen LogP contribution is -2.39. The van der Waals surface area contributed by atoms with Crippen molar-refractivity contribution in [3.63, 3.8) is 0 Å². The smallest absolute Gasteiger partial charge is 0.336 e. The van der Waals surface area contributed by atoms with E-state index in [0.29, 0.717) is 0 Å². The van der Waals surface area contributed by atoms with E-state index in [1.807, 2.05) is 0 Å². The van der Waals surface area contributed by atoms with Gasteiger partial charge >= 0.3 is 6.18 Å². The third kappa shape index (κ3) is 1.99. The minimum Gasteiger partial charge on any atom is -0.336 e. The van der Waals surface area contributed by atoms with Crippen molar-refractivity contribution in [1.82, 2.24) is 15.0 Å². The highest BCUT2D eigenvalue weighted by Gasteiger charge is 2.42. The molecule has 3 N–H and O–H groups in total. The molecule has 0 spiro atoms. The van der Waals surface area contributed by atoms with Crippen molar-refractivity contribution < 1.29 is 13.2 Å². The van der Waals surface area contributed by atoms with Gasteiger partial charge in [0.1, 0.15) is 5.82 Å². The number of alkyl halides is 3. The van der Waals surface area contributed by atoms with Gasteiger partial charge < -0.3 is 4.57 Å². The molecular formula is C6H9F3N4. The van der Waals surface area contributed by atoms with Gasteiger partial charge in [-0.3, -0.25) is 5.84 Å². The molecule has 1 aromatic heterocycles. The normalized spacial score (nSPS) is 14.5. The zero-order chi connectivity index (χ0) is 10.1. The van der Waals surface area contributed by atoms with Crippen LogP contribution in [0, 0.1) is 0 Å². The third-order valence-corrected chi connectivity index (χ3v) is 1.61. The summed E-state index contributed by atoms with van der Waals surface area (Å²) in [5, 5.41) is 0. The minimum absolute atomic E-state index is 0.157. The van der Waals surface area contributed by atoms with Crippen molar-refractivity contribution in [2.75, 3.05) is 0 Å². The van der Waals surface area contributed by atoms with Gasteiger partial charge in [0.15, 0.2) is 6.04 Å². The Morgan fingerprint density at radius 3 is 2.54 bits per heavy atom. The quantitative estimate of drug-likeness (QED) is 0.532. The summed E-state index contributed by atoms with van der Waals surface area (Å²) in [6, 6.07) is -1.92. The van der Waals surface area contributed by atoms with E-state index in [1.165, 1.54) is 24.0 Å². The zero-order valence-electron chi connectivity index (χ0n) is 6.84. The number of imidazole rings is 1. The van der Waals surface area contributed by atoms with Crippen molar-refractivity contribution in [3.05, 3.63) is 18.2 Å². The number of aryl methyl sites for hydroxylation is 1. The predicted octanol–water partition coefficient (Wildman–Crippen LogP) is 0.487. The van der Waals surface area contributed by atoms with Crippen LogP contribution in [0.2, 0.25) is 0 Å². The summed E-state index contributed by atoms with van der Waals surface area (Å²) in [5.74, 6) is 4.64. The molecule has 0 aliphatic heterocycles. The Hall–Kier alpha value is -1.08. The SMILES string of the molecule is Cn1ccnc1C(NN)C(F)(F)F. The molecule has 0 radical (unpaired) electrons. The summed E-state index contributed by atoms with van der Waals surface area (Å²) >= 11 is 0. The van der Waals surface area contributed by atoms with Crippen LogP contribution in [0.4, 0.5) is 13.2 Å². The van der Waals surface area contributed by atoms with Gasteiger partial charge in [-0.25, -0.2) is 10.4 Å². The molecule has 0 saturated carbocycles. The van der Waals surface area contributed by atoms with E-state index in [0.717, 1.165) is 0 Å². The molecule has 0 bridgehead atoms. The second-order valence-electron chi connectivity index (χ2n) is 2.54. The Labute approximate surface area is 72.5 Å². The molecule has 0 aromatic carbocycles. The maximum Gasteiger partial charge on any atom is 0.412 e. The van der Waals surface area contributed by atoms with E-state index in [1.54, 1.807) is 5.43 Å². The van der Waals surface area contributed by atoms with Crippen LogP contribution in [0.15, 0.2) is 12.4 Å². The molecule has 1 unspecified atom stereocenters. The van der Waals surface area contributed by atoms with Gasteiger partial charge in [-0.2, -0.15) is 13.2 Å². The van der Waals surface area contributed by atoms with Crippen molar-refractivity contribution >= 4 is 0 Å². The lowest BCUT2D eigenvalue weighted by Gasteiger charge is -2.18. The van der Waals surface area contributed by atoms with E-state index in [4.69, 9.17) is 5.84 Å². The number of nitrogens with two attached hydrogens (primary N) is 1. The summed E-state index contributed by atoms with van der Waals surface area (Å²) in [4.78, 5) is 3.55. The van der Waals surface area contributed by atoms with Gasteiger partial charge in [0.2, 0.25) is 0 Å². The topological polar surface area (TPSA) is 55.9 Å². The fraction of sp³-hybridized carbons (Fsp3) is 0.500. The van der Waals surface area contributed by atoms with Crippen molar-refractivity contribution in [2.45, 2.75) is 12.2 Å². The average Bonchev–Trinajstić information content (AvgIpc) is 2.35. The molecule has 0 amide bonds. The van der Waals surface area contributed by atoms with Gasteiger partial charge in [0.25, 0.3) is 0 Å². The van der Waals surface area contributed by atoms with E-state index in [-0.39, 0.29) is 5.82 Å². The summed E-state index contributed by atoms with van der Waals surface area (Å²) in [6.07, 6.45) is -1.73. The van der Waals surface area contributed by atoms with Crippen LogP contribution in [-0.4, -0.2) is 15.7 Å². The highest BCUT2D eigenvalue weighted by molar-refractivity contribution is 5.01. The Kier molecular flexibility index (Phi) is 2.58. The maximum absolute atomic E-state index is 12.3. The highest BCUT2D eigenvalue weighted by Crippen LogP contribution is 2.30. The van der Waals surface area contributed by atoms with E-state index in [9.17, 15) is 13.2 Å². The lowest BCUT2D eigenvalue weighted by molar-refractivity contribution is -0.160. The molecule has 7 heteroatoms. The van der Waals surface area contributed by atoms with E-state index in [2.05, 4.69) is 4.98 Å². The zero-order valence-corrected chi connectivity index (χ0v) is 6.84. The standard InChI is InChI=1S/C6H9F3N4/c1-13-3-2-11-5(13)4(12-10)6(7,8)9/h2-4,12H,10H2,1H3. The summed E-state index contributed by atoms with van der Waals surface area (Å²) in [6.45, 7) is 0. The molecule has 0 aliphatic rings. The molecule has 4 nitrogen and oxygen atoms in total.